The van der Waals surface area contributed by atoms with E-state index >= 15 is 0 Å². The van der Waals surface area contributed by atoms with Gasteiger partial charge in [0.1, 0.15) is 5.60 Å². The molecule has 8 heteroatoms. The summed E-state index contributed by atoms with van der Waals surface area (Å²) in [5.41, 5.74) is -0.512. The van der Waals surface area contributed by atoms with Crippen LogP contribution in [0.2, 0.25) is 0 Å². The molecule has 8 nitrogen and oxygen atoms in total. The molecule has 0 aromatic carbocycles. The van der Waals surface area contributed by atoms with Gasteiger partial charge in [0.05, 0.1) is 13.2 Å². The van der Waals surface area contributed by atoms with Gasteiger partial charge >= 0.3 is 12.1 Å². The van der Waals surface area contributed by atoms with Gasteiger partial charge in [0, 0.05) is 46.2 Å². The Bertz CT molecular complexity index is 524. The molecule has 0 aliphatic carbocycles. The molecule has 1 unspecified atom stereocenters. The highest BCUT2D eigenvalue weighted by Gasteiger charge is 2.32. The number of likely N-dealkylation sites (N-methyl/N-ethyl adjacent to an activating group) is 1. The number of amides is 2. The van der Waals surface area contributed by atoms with Crippen LogP contribution in [-0.2, 0) is 19.1 Å². The molecule has 0 spiro atoms. The van der Waals surface area contributed by atoms with Crippen LogP contribution in [0.4, 0.5) is 4.79 Å². The highest BCUT2D eigenvalue weighted by molar-refractivity contribution is 5.81. The molecule has 1 rings (SSSR count). The van der Waals surface area contributed by atoms with Crippen molar-refractivity contribution in [2.24, 2.45) is 0 Å². The maximum absolute atomic E-state index is 12.9. The number of carbonyl (C=O) groups excluding carboxylic acids is 3. The van der Waals surface area contributed by atoms with Crippen LogP contribution < -0.4 is 0 Å². The monoisotopic (exact) mass is 399 g/mol. The summed E-state index contributed by atoms with van der Waals surface area (Å²) in [5, 5.41) is 0. The van der Waals surface area contributed by atoms with E-state index in [1.807, 2.05) is 20.8 Å². The molecule has 28 heavy (non-hydrogen) atoms. The summed E-state index contributed by atoms with van der Waals surface area (Å²) in [6.45, 7) is 10.5. The molecule has 2 amide bonds. The molecule has 0 aromatic rings. The van der Waals surface area contributed by atoms with Crippen molar-refractivity contribution in [3.63, 3.8) is 0 Å². The Morgan fingerprint density at radius 3 is 2.21 bits per heavy atom. The number of methoxy groups -OCH3 is 1. The summed E-state index contributed by atoms with van der Waals surface area (Å²) in [5.74, 6) is -0.193. The van der Waals surface area contributed by atoms with E-state index in [0.29, 0.717) is 45.6 Å². The van der Waals surface area contributed by atoms with Gasteiger partial charge in [-0.25, -0.2) is 4.79 Å². The van der Waals surface area contributed by atoms with Crippen LogP contribution in [0.3, 0.4) is 0 Å². The van der Waals surface area contributed by atoms with Crippen LogP contribution in [0.5, 0.6) is 0 Å². The van der Waals surface area contributed by atoms with Crippen molar-refractivity contribution < 1.29 is 23.9 Å². The summed E-state index contributed by atoms with van der Waals surface area (Å²) >= 11 is 0. The predicted molar refractivity (Wildman–Crippen MR) is 107 cm³/mol. The highest BCUT2D eigenvalue weighted by atomic mass is 16.6. The van der Waals surface area contributed by atoms with E-state index in [0.717, 1.165) is 12.8 Å². The maximum atomic E-state index is 12.9. The van der Waals surface area contributed by atoms with Crippen molar-refractivity contribution in [3.8, 4) is 0 Å². The number of rotatable bonds is 8. The molecule has 0 aromatic heterocycles. The van der Waals surface area contributed by atoms with Crippen molar-refractivity contribution in [2.45, 2.75) is 65.0 Å². The van der Waals surface area contributed by atoms with Crippen LogP contribution in [0.25, 0.3) is 0 Å². The van der Waals surface area contributed by atoms with Crippen LogP contribution in [0.1, 0.15) is 53.4 Å². The molecule has 0 N–H and O–H groups in total. The zero-order valence-corrected chi connectivity index (χ0v) is 18.3. The van der Waals surface area contributed by atoms with E-state index in [-0.39, 0.29) is 24.0 Å². The Balaban J connectivity index is 2.58. The second-order valence-electron chi connectivity index (χ2n) is 8.25. The van der Waals surface area contributed by atoms with Gasteiger partial charge in [-0.2, -0.15) is 0 Å². The molecule has 1 aliphatic rings. The third-order valence-corrected chi connectivity index (χ3v) is 4.73. The summed E-state index contributed by atoms with van der Waals surface area (Å²) in [4.78, 5) is 42.0. The van der Waals surface area contributed by atoms with E-state index in [9.17, 15) is 14.4 Å². The lowest BCUT2D eigenvalue weighted by atomic mass is 10.1. The smallest absolute Gasteiger partial charge is 0.410 e. The summed E-state index contributed by atoms with van der Waals surface area (Å²) in [7, 11) is 3.14. The lowest BCUT2D eigenvalue weighted by molar-refractivity contribution is -0.142. The minimum absolute atomic E-state index is 0.0671. The van der Waals surface area contributed by atoms with Gasteiger partial charge in [-0.05, 0) is 33.6 Å². The van der Waals surface area contributed by atoms with E-state index in [1.165, 1.54) is 7.11 Å². The minimum Gasteiger partial charge on any atom is -0.469 e. The SMILES string of the molecule is CCCC(C(=O)N(C)CCCC(=O)OC)N1CCN(C(=O)OC(C)(C)C)CC1. The summed E-state index contributed by atoms with van der Waals surface area (Å²) in [6, 6.07) is -0.200. The normalized spacial score (nSPS) is 16.4. The molecular weight excluding hydrogens is 362 g/mol. The molecule has 0 bridgehead atoms. The number of piperazine rings is 1. The van der Waals surface area contributed by atoms with Gasteiger partial charge in [0.25, 0.3) is 0 Å². The number of hydrogen-bond acceptors (Lipinski definition) is 6. The third kappa shape index (κ3) is 8.04. The first kappa shape index (κ1) is 24.2. The molecule has 1 fully saturated rings. The topological polar surface area (TPSA) is 79.4 Å². The van der Waals surface area contributed by atoms with Gasteiger partial charge in [-0.15, -0.1) is 0 Å². The number of carbonyl (C=O) groups is 3. The fourth-order valence-electron chi connectivity index (χ4n) is 3.21. The van der Waals surface area contributed by atoms with Crippen molar-refractivity contribution in [3.05, 3.63) is 0 Å². The van der Waals surface area contributed by atoms with Crippen LogP contribution in [-0.4, -0.2) is 91.2 Å². The Labute approximate surface area is 169 Å². The van der Waals surface area contributed by atoms with Crippen molar-refractivity contribution in [1.29, 1.82) is 0 Å². The fraction of sp³-hybridized carbons (Fsp3) is 0.850. The highest BCUT2D eigenvalue weighted by Crippen LogP contribution is 2.16. The number of esters is 1. The second kappa shape index (κ2) is 11.2. The van der Waals surface area contributed by atoms with Gasteiger partial charge in [0.15, 0.2) is 0 Å². The van der Waals surface area contributed by atoms with E-state index in [1.54, 1.807) is 16.8 Å². The van der Waals surface area contributed by atoms with Crippen molar-refractivity contribution in [2.75, 3.05) is 46.9 Å². The average molecular weight is 400 g/mol. The molecular formula is C20H37N3O5. The first-order valence-corrected chi connectivity index (χ1v) is 10.1. The number of nitrogens with zero attached hydrogens (tertiary/aromatic N) is 3. The van der Waals surface area contributed by atoms with Gasteiger partial charge in [0.2, 0.25) is 5.91 Å². The summed E-state index contributed by atoms with van der Waals surface area (Å²) < 4.78 is 10.1. The van der Waals surface area contributed by atoms with Crippen molar-refractivity contribution >= 4 is 18.0 Å². The third-order valence-electron chi connectivity index (χ3n) is 4.73. The second-order valence-corrected chi connectivity index (χ2v) is 8.25. The Morgan fingerprint density at radius 2 is 1.71 bits per heavy atom. The largest absolute Gasteiger partial charge is 0.469 e. The molecule has 1 aliphatic heterocycles. The molecule has 1 heterocycles. The van der Waals surface area contributed by atoms with Crippen molar-refractivity contribution in [1.82, 2.24) is 14.7 Å². The first-order chi connectivity index (χ1) is 13.1. The van der Waals surface area contributed by atoms with Gasteiger partial charge < -0.3 is 19.3 Å². The fourth-order valence-corrected chi connectivity index (χ4v) is 3.21. The quantitative estimate of drug-likeness (QED) is 0.582. The van der Waals surface area contributed by atoms with Gasteiger partial charge in [-0.3, -0.25) is 14.5 Å². The van der Waals surface area contributed by atoms with E-state index in [2.05, 4.69) is 16.6 Å². The average Bonchev–Trinajstić information content (AvgIpc) is 2.64. The van der Waals surface area contributed by atoms with E-state index < -0.39 is 5.60 Å². The minimum atomic E-state index is -0.512. The standard InChI is InChI=1S/C20H37N3O5/c1-7-9-16(18(25)21(5)11-8-10-17(24)27-6)22-12-14-23(15-13-22)19(26)28-20(2,3)4/h16H,7-15H2,1-6H3. The van der Waals surface area contributed by atoms with E-state index in [4.69, 9.17) is 4.74 Å². The molecule has 1 atom stereocenters. The molecule has 0 saturated carbocycles. The predicted octanol–water partition coefficient (Wildman–Crippen LogP) is 2.12. The van der Waals surface area contributed by atoms with Gasteiger partial charge in [-0.1, -0.05) is 13.3 Å². The number of hydrogen-bond donors (Lipinski definition) is 0. The van der Waals surface area contributed by atoms with Crippen LogP contribution in [0.15, 0.2) is 0 Å². The Morgan fingerprint density at radius 1 is 1.11 bits per heavy atom. The Kier molecular flexibility index (Phi) is 9.72. The maximum Gasteiger partial charge on any atom is 0.410 e. The summed E-state index contributed by atoms with van der Waals surface area (Å²) in [6.07, 6.45) is 2.26. The Hall–Kier alpha value is -1.83. The first-order valence-electron chi connectivity index (χ1n) is 10.1. The lowest BCUT2D eigenvalue weighted by Crippen LogP contribution is -2.56. The van der Waals surface area contributed by atoms with Crippen LogP contribution in [0, 0.1) is 0 Å². The molecule has 0 radical (unpaired) electrons. The molecule has 162 valence electrons. The number of ether oxygens (including phenoxy) is 2. The zero-order valence-electron chi connectivity index (χ0n) is 18.3. The lowest BCUT2D eigenvalue weighted by Gasteiger charge is -2.40. The van der Waals surface area contributed by atoms with Crippen LogP contribution >= 0.6 is 0 Å². The molecule has 1 saturated heterocycles. The zero-order chi connectivity index (χ0) is 21.3.